The van der Waals surface area contributed by atoms with Crippen LogP contribution in [0.3, 0.4) is 0 Å². The van der Waals surface area contributed by atoms with Crippen molar-refractivity contribution < 1.29 is 0 Å². The molecule has 0 aromatic heterocycles. The van der Waals surface area contributed by atoms with Crippen molar-refractivity contribution in [3.05, 3.63) is 35.4 Å². The minimum atomic E-state index is 0.408. The van der Waals surface area contributed by atoms with Gasteiger partial charge < -0.3 is 10.2 Å². The number of rotatable bonds is 5. The van der Waals surface area contributed by atoms with Gasteiger partial charge in [-0.3, -0.25) is 4.90 Å². The average molecular weight is 382 g/mol. The third-order valence-corrected chi connectivity index (χ3v) is 8.63. The lowest BCUT2D eigenvalue weighted by Crippen LogP contribution is -2.57. The minimum absolute atomic E-state index is 0.408. The van der Waals surface area contributed by atoms with Gasteiger partial charge in [-0.05, 0) is 74.2 Å². The molecule has 1 aromatic carbocycles. The number of nitrogens with one attached hydrogen (secondary N) is 1. The van der Waals surface area contributed by atoms with E-state index in [0.717, 1.165) is 24.3 Å². The number of fused-ring (bicyclic) bond motifs is 1. The number of likely N-dealkylation sites (N-methyl/N-ethyl adjacent to an activating group) is 1. The summed E-state index contributed by atoms with van der Waals surface area (Å²) in [7, 11) is 0. The number of likely N-dealkylation sites (tertiary alicyclic amines) is 1. The van der Waals surface area contributed by atoms with Crippen LogP contribution in [0.15, 0.2) is 24.3 Å². The second-order valence-electron chi connectivity index (χ2n) is 10.1. The Hall–Kier alpha value is -0.900. The Morgan fingerprint density at radius 3 is 2.36 bits per heavy atom. The first-order chi connectivity index (χ1) is 13.8. The van der Waals surface area contributed by atoms with E-state index in [1.54, 1.807) is 11.1 Å². The average Bonchev–Trinajstić information content (AvgIpc) is 3.25. The summed E-state index contributed by atoms with van der Waals surface area (Å²) in [5, 5.41) is 3.44. The molecule has 0 amide bonds. The first kappa shape index (κ1) is 19.1. The summed E-state index contributed by atoms with van der Waals surface area (Å²) in [6, 6.07) is 9.54. The number of hydrogen-bond acceptors (Lipinski definition) is 3. The van der Waals surface area contributed by atoms with Gasteiger partial charge in [-0.25, -0.2) is 0 Å². The van der Waals surface area contributed by atoms with Gasteiger partial charge in [0.25, 0.3) is 0 Å². The predicted molar refractivity (Wildman–Crippen MR) is 117 cm³/mol. The Balaban J connectivity index is 1.43. The maximum Gasteiger partial charge on any atom is 0.0236 e. The molecule has 0 bridgehead atoms. The lowest BCUT2D eigenvalue weighted by Gasteiger charge is -2.54. The van der Waals surface area contributed by atoms with Crippen molar-refractivity contribution >= 4 is 0 Å². The van der Waals surface area contributed by atoms with Crippen LogP contribution in [-0.2, 0) is 12.0 Å². The largest absolute Gasteiger partial charge is 0.316 e. The summed E-state index contributed by atoms with van der Waals surface area (Å²) >= 11 is 0. The van der Waals surface area contributed by atoms with Crippen LogP contribution in [0.25, 0.3) is 0 Å². The Labute approximate surface area is 171 Å². The van der Waals surface area contributed by atoms with E-state index >= 15 is 0 Å². The van der Waals surface area contributed by atoms with E-state index in [-0.39, 0.29) is 0 Å². The van der Waals surface area contributed by atoms with Crippen molar-refractivity contribution in [2.45, 2.75) is 57.4 Å². The van der Waals surface area contributed by atoms with Gasteiger partial charge in [-0.15, -0.1) is 0 Å². The number of benzene rings is 1. The van der Waals surface area contributed by atoms with Crippen molar-refractivity contribution in [3.63, 3.8) is 0 Å². The summed E-state index contributed by atoms with van der Waals surface area (Å²) in [5.74, 6) is 2.67. The molecule has 0 radical (unpaired) electrons. The van der Waals surface area contributed by atoms with Crippen molar-refractivity contribution in [2.24, 2.45) is 17.8 Å². The fraction of sp³-hybridized carbons (Fsp3) is 0.760. The maximum atomic E-state index is 3.44. The van der Waals surface area contributed by atoms with Crippen molar-refractivity contribution in [1.29, 1.82) is 0 Å². The van der Waals surface area contributed by atoms with E-state index < -0.39 is 0 Å². The molecule has 3 aliphatic heterocycles. The van der Waals surface area contributed by atoms with Crippen LogP contribution >= 0.6 is 0 Å². The molecule has 0 spiro atoms. The van der Waals surface area contributed by atoms with E-state index in [9.17, 15) is 0 Å². The minimum Gasteiger partial charge on any atom is -0.316 e. The van der Waals surface area contributed by atoms with E-state index in [2.05, 4.69) is 46.3 Å². The fourth-order valence-electron chi connectivity index (χ4n) is 7.03. The Morgan fingerprint density at radius 1 is 0.964 bits per heavy atom. The molecule has 28 heavy (non-hydrogen) atoms. The second-order valence-corrected chi connectivity index (χ2v) is 10.1. The molecule has 154 valence electrons. The van der Waals surface area contributed by atoms with Gasteiger partial charge in [0.2, 0.25) is 0 Å². The van der Waals surface area contributed by atoms with E-state index in [4.69, 9.17) is 0 Å². The number of hydrogen-bond donors (Lipinski definition) is 1. The highest BCUT2D eigenvalue weighted by Gasteiger charge is 2.51. The van der Waals surface area contributed by atoms with Crippen LogP contribution in [0.1, 0.15) is 56.6 Å². The standard InChI is InChI=1S/C25H39N3/c1-2-27-18-21-7-3-6-10-24(21)25(19-27,22-8-4-5-9-22)23-11-13-28(14-12-23)17-20-15-26-16-20/h3,6-7,10,20,22-23,26H,2,4-5,8-9,11-19H2,1H3. The van der Waals surface area contributed by atoms with Crippen LogP contribution in [0, 0.1) is 17.8 Å². The van der Waals surface area contributed by atoms with Gasteiger partial charge in [-0.2, -0.15) is 0 Å². The van der Waals surface area contributed by atoms with E-state index in [1.807, 2.05) is 0 Å². The highest BCUT2D eigenvalue weighted by molar-refractivity contribution is 5.39. The summed E-state index contributed by atoms with van der Waals surface area (Å²) in [6.07, 6.45) is 8.63. The summed E-state index contributed by atoms with van der Waals surface area (Å²) in [4.78, 5) is 5.53. The molecule has 1 saturated carbocycles. The van der Waals surface area contributed by atoms with Crippen LogP contribution in [0.2, 0.25) is 0 Å². The zero-order valence-corrected chi connectivity index (χ0v) is 17.8. The quantitative estimate of drug-likeness (QED) is 0.835. The lowest BCUT2D eigenvalue weighted by atomic mass is 9.57. The summed E-state index contributed by atoms with van der Waals surface area (Å²) in [5.41, 5.74) is 3.78. The molecule has 1 N–H and O–H groups in total. The highest BCUT2D eigenvalue weighted by Crippen LogP contribution is 2.53. The van der Waals surface area contributed by atoms with Crippen LogP contribution in [0.5, 0.6) is 0 Å². The Morgan fingerprint density at radius 2 is 1.68 bits per heavy atom. The summed E-state index contributed by atoms with van der Waals surface area (Å²) in [6.45, 7) is 12.5. The molecule has 1 unspecified atom stereocenters. The Bertz CT molecular complexity index is 656. The smallest absolute Gasteiger partial charge is 0.0236 e. The van der Waals surface area contributed by atoms with Gasteiger partial charge in [0.05, 0.1) is 0 Å². The fourth-order valence-corrected chi connectivity index (χ4v) is 7.03. The predicted octanol–water partition coefficient (Wildman–Crippen LogP) is 3.88. The highest BCUT2D eigenvalue weighted by atomic mass is 15.2. The molecule has 2 saturated heterocycles. The van der Waals surface area contributed by atoms with Gasteiger partial charge in [0.1, 0.15) is 0 Å². The second kappa shape index (κ2) is 8.08. The molecule has 3 heterocycles. The van der Waals surface area contributed by atoms with E-state index in [0.29, 0.717) is 5.41 Å². The Kier molecular flexibility index (Phi) is 5.51. The molecule has 1 aliphatic carbocycles. The van der Waals surface area contributed by atoms with Gasteiger partial charge in [-0.1, -0.05) is 44.0 Å². The number of nitrogens with zero attached hydrogens (tertiary/aromatic N) is 2. The van der Waals surface area contributed by atoms with E-state index in [1.165, 1.54) is 84.3 Å². The zero-order chi connectivity index (χ0) is 19.0. The SMILES string of the molecule is CCN1Cc2ccccc2C(C2CCCC2)(C2CCN(CC3CNC3)CC2)C1. The lowest BCUT2D eigenvalue weighted by molar-refractivity contribution is 0.0348. The molecule has 1 atom stereocenters. The molecule has 1 aromatic rings. The molecule has 5 rings (SSSR count). The molecule has 4 aliphatic rings. The third-order valence-electron chi connectivity index (χ3n) is 8.63. The monoisotopic (exact) mass is 381 g/mol. The first-order valence-corrected chi connectivity index (χ1v) is 12.0. The first-order valence-electron chi connectivity index (χ1n) is 12.0. The zero-order valence-electron chi connectivity index (χ0n) is 17.8. The summed E-state index contributed by atoms with van der Waals surface area (Å²) < 4.78 is 0. The third kappa shape index (κ3) is 3.34. The van der Waals surface area contributed by atoms with Crippen molar-refractivity contribution in [1.82, 2.24) is 15.1 Å². The molecule has 3 fully saturated rings. The van der Waals surface area contributed by atoms with Crippen LogP contribution in [0.4, 0.5) is 0 Å². The molecule has 3 heteroatoms. The number of piperidine rings is 1. The van der Waals surface area contributed by atoms with Gasteiger partial charge in [0, 0.05) is 38.1 Å². The topological polar surface area (TPSA) is 18.5 Å². The van der Waals surface area contributed by atoms with Gasteiger partial charge >= 0.3 is 0 Å². The normalized spacial score (nSPS) is 31.0. The molecular formula is C25H39N3. The van der Waals surface area contributed by atoms with Crippen LogP contribution < -0.4 is 5.32 Å². The molecular weight excluding hydrogens is 342 g/mol. The van der Waals surface area contributed by atoms with Crippen molar-refractivity contribution in [2.75, 3.05) is 45.8 Å². The maximum absolute atomic E-state index is 3.44. The molecule has 3 nitrogen and oxygen atoms in total. The van der Waals surface area contributed by atoms with Gasteiger partial charge in [0.15, 0.2) is 0 Å². The van der Waals surface area contributed by atoms with Crippen LogP contribution in [-0.4, -0.2) is 55.6 Å². The van der Waals surface area contributed by atoms with Crippen molar-refractivity contribution in [3.8, 4) is 0 Å².